The third kappa shape index (κ3) is 5.83. The summed E-state index contributed by atoms with van der Waals surface area (Å²) in [4.78, 5) is 41.3. The lowest BCUT2D eigenvalue weighted by molar-refractivity contribution is -0.124. The number of aryl methyl sites for hydroxylation is 1. The highest BCUT2D eigenvalue weighted by molar-refractivity contribution is 7.80. The number of carbonyl (C=O) groups is 3. The molecule has 1 unspecified atom stereocenters. The molecule has 7 nitrogen and oxygen atoms in total. The first-order valence-corrected chi connectivity index (χ1v) is 12.2. The first-order valence-electron chi connectivity index (χ1n) is 11.8. The van der Waals surface area contributed by atoms with E-state index in [-0.39, 0.29) is 30.6 Å². The third-order valence-electron chi connectivity index (χ3n) is 5.97. The fourth-order valence-electron chi connectivity index (χ4n) is 4.05. The fraction of sp³-hybridized carbons (Fsp3) is 0.214. The highest BCUT2D eigenvalue weighted by atomic mass is 32.1. The number of anilines is 2. The fourth-order valence-corrected chi connectivity index (χ4v) is 4.43. The molecule has 2 amide bonds. The molecular weight excluding hydrogens is 493 g/mol. The summed E-state index contributed by atoms with van der Waals surface area (Å²) >= 11 is 5.65. The molecule has 1 N–H and O–H groups in total. The van der Waals surface area contributed by atoms with Gasteiger partial charge in [-0.1, -0.05) is 35.9 Å². The molecule has 0 spiro atoms. The standard InChI is InChI=1S/C28H26FN3O4S/c1-3-36-27(35)19-10-12-21(13-11-19)30-25(33)16-24-26(34)32(22-14-8-18(2)9-15-22)28(37)31(24)17-20-6-4-5-7-23(20)29/h4-15,24H,3,16-17H2,1-2H3,(H,30,33). The maximum atomic E-state index is 14.5. The molecule has 1 fully saturated rings. The molecule has 0 bridgehead atoms. The topological polar surface area (TPSA) is 78.9 Å². The van der Waals surface area contributed by atoms with Crippen molar-refractivity contribution in [2.75, 3.05) is 16.8 Å². The number of halogens is 1. The Morgan fingerprint density at radius 1 is 1.03 bits per heavy atom. The maximum Gasteiger partial charge on any atom is 0.338 e. The van der Waals surface area contributed by atoms with Crippen LogP contribution >= 0.6 is 12.2 Å². The molecule has 4 rings (SSSR count). The minimum absolute atomic E-state index is 0.0335. The van der Waals surface area contributed by atoms with Gasteiger partial charge in [-0.25, -0.2) is 9.18 Å². The second-order valence-electron chi connectivity index (χ2n) is 8.58. The van der Waals surface area contributed by atoms with E-state index >= 15 is 0 Å². The molecule has 9 heteroatoms. The Morgan fingerprint density at radius 2 is 1.70 bits per heavy atom. The van der Waals surface area contributed by atoms with Crippen molar-refractivity contribution in [2.24, 2.45) is 0 Å². The maximum absolute atomic E-state index is 14.5. The van der Waals surface area contributed by atoms with Crippen LogP contribution in [0, 0.1) is 12.7 Å². The van der Waals surface area contributed by atoms with Crippen molar-refractivity contribution in [2.45, 2.75) is 32.9 Å². The van der Waals surface area contributed by atoms with Gasteiger partial charge in [0.2, 0.25) is 5.91 Å². The summed E-state index contributed by atoms with van der Waals surface area (Å²) in [7, 11) is 0. The zero-order chi connectivity index (χ0) is 26.5. The van der Waals surface area contributed by atoms with Gasteiger partial charge in [0, 0.05) is 17.8 Å². The highest BCUT2D eigenvalue weighted by Gasteiger charge is 2.44. The number of nitrogens with zero attached hydrogens (tertiary/aromatic N) is 2. The Bertz CT molecular complexity index is 1330. The van der Waals surface area contributed by atoms with Crippen LogP contribution in [0.25, 0.3) is 0 Å². The Kier molecular flexibility index (Phi) is 7.93. The molecule has 3 aromatic carbocycles. The summed E-state index contributed by atoms with van der Waals surface area (Å²) in [6.07, 6.45) is -0.199. The van der Waals surface area contributed by atoms with E-state index in [0.717, 1.165) is 5.56 Å². The number of esters is 1. The number of hydrogen-bond donors (Lipinski definition) is 1. The van der Waals surface area contributed by atoms with E-state index in [0.29, 0.717) is 22.5 Å². The predicted molar refractivity (Wildman–Crippen MR) is 143 cm³/mol. The van der Waals surface area contributed by atoms with Crippen molar-refractivity contribution in [1.82, 2.24) is 4.90 Å². The molecule has 1 aliphatic rings. The van der Waals surface area contributed by atoms with E-state index in [4.69, 9.17) is 17.0 Å². The number of nitrogens with one attached hydrogen (secondary N) is 1. The number of hydrogen-bond acceptors (Lipinski definition) is 5. The van der Waals surface area contributed by atoms with Crippen LogP contribution in [-0.2, 0) is 20.9 Å². The van der Waals surface area contributed by atoms with Gasteiger partial charge in [0.25, 0.3) is 5.91 Å². The molecular formula is C28H26FN3O4S. The van der Waals surface area contributed by atoms with Crippen LogP contribution in [0.4, 0.5) is 15.8 Å². The summed E-state index contributed by atoms with van der Waals surface area (Å²) in [5.74, 6) is -1.66. The van der Waals surface area contributed by atoms with E-state index in [1.165, 1.54) is 11.0 Å². The van der Waals surface area contributed by atoms with Gasteiger partial charge >= 0.3 is 5.97 Å². The smallest absolute Gasteiger partial charge is 0.338 e. The second-order valence-corrected chi connectivity index (χ2v) is 8.94. The SMILES string of the molecule is CCOC(=O)c1ccc(NC(=O)CC2C(=O)N(c3ccc(C)cc3)C(=S)N2Cc2ccccc2F)cc1. The summed E-state index contributed by atoms with van der Waals surface area (Å²) in [6, 6.07) is 18.9. The second kappa shape index (κ2) is 11.3. The number of ether oxygens (including phenoxy) is 1. The van der Waals surface area contributed by atoms with E-state index in [2.05, 4.69) is 5.32 Å². The van der Waals surface area contributed by atoms with Gasteiger partial charge < -0.3 is 15.0 Å². The Hall–Kier alpha value is -4.11. The van der Waals surface area contributed by atoms with Crippen molar-refractivity contribution < 1.29 is 23.5 Å². The molecule has 1 heterocycles. The first kappa shape index (κ1) is 26.0. The van der Waals surface area contributed by atoms with Crippen LogP contribution in [0.15, 0.2) is 72.8 Å². The number of thiocarbonyl (C=S) groups is 1. The van der Waals surface area contributed by atoms with Crippen molar-refractivity contribution in [1.29, 1.82) is 0 Å². The number of rotatable bonds is 8. The van der Waals surface area contributed by atoms with Crippen LogP contribution in [0.1, 0.15) is 34.8 Å². The largest absolute Gasteiger partial charge is 0.462 e. The van der Waals surface area contributed by atoms with Gasteiger partial charge in [-0.3, -0.25) is 14.5 Å². The lowest BCUT2D eigenvalue weighted by Crippen LogP contribution is -2.37. The van der Waals surface area contributed by atoms with Gasteiger partial charge in [-0.15, -0.1) is 0 Å². The van der Waals surface area contributed by atoms with Crippen LogP contribution in [0.3, 0.4) is 0 Å². The average molecular weight is 520 g/mol. The first-order chi connectivity index (χ1) is 17.8. The van der Waals surface area contributed by atoms with E-state index < -0.39 is 23.7 Å². The monoisotopic (exact) mass is 519 g/mol. The minimum atomic E-state index is -0.924. The molecule has 1 saturated heterocycles. The summed E-state index contributed by atoms with van der Waals surface area (Å²) in [5, 5.41) is 2.96. The molecule has 0 aliphatic carbocycles. The van der Waals surface area contributed by atoms with Crippen molar-refractivity contribution in [3.8, 4) is 0 Å². The lowest BCUT2D eigenvalue weighted by atomic mass is 10.1. The molecule has 190 valence electrons. The van der Waals surface area contributed by atoms with Crippen LogP contribution in [0.5, 0.6) is 0 Å². The van der Waals surface area contributed by atoms with E-state index in [1.807, 2.05) is 19.1 Å². The van der Waals surface area contributed by atoms with Crippen LogP contribution < -0.4 is 10.2 Å². The number of amides is 2. The number of carbonyl (C=O) groups excluding carboxylic acids is 3. The third-order valence-corrected chi connectivity index (χ3v) is 6.38. The Morgan fingerprint density at radius 3 is 2.35 bits per heavy atom. The molecule has 0 radical (unpaired) electrons. The summed E-state index contributed by atoms with van der Waals surface area (Å²) in [5.41, 5.74) is 2.79. The average Bonchev–Trinajstić information content (AvgIpc) is 3.10. The molecule has 3 aromatic rings. The van der Waals surface area contributed by atoms with Crippen molar-refractivity contribution >= 4 is 46.5 Å². The van der Waals surface area contributed by atoms with Gasteiger partial charge in [0.05, 0.1) is 24.3 Å². The zero-order valence-electron chi connectivity index (χ0n) is 20.4. The molecule has 0 aromatic heterocycles. The molecule has 0 saturated carbocycles. The Balaban J connectivity index is 1.55. The van der Waals surface area contributed by atoms with Crippen LogP contribution in [-0.4, -0.2) is 40.4 Å². The predicted octanol–water partition coefficient (Wildman–Crippen LogP) is 4.84. The van der Waals surface area contributed by atoms with Gasteiger partial charge in [0.15, 0.2) is 5.11 Å². The van der Waals surface area contributed by atoms with Gasteiger partial charge in [-0.2, -0.15) is 0 Å². The van der Waals surface area contributed by atoms with Crippen molar-refractivity contribution in [3.05, 3.63) is 95.3 Å². The normalized spacial score (nSPS) is 15.2. The summed E-state index contributed by atoms with van der Waals surface area (Å²) in [6.45, 7) is 3.95. The van der Waals surface area contributed by atoms with E-state index in [1.54, 1.807) is 66.4 Å². The highest BCUT2D eigenvalue weighted by Crippen LogP contribution is 2.29. The van der Waals surface area contributed by atoms with E-state index in [9.17, 15) is 18.8 Å². The Labute approximate surface area is 219 Å². The molecule has 1 aliphatic heterocycles. The zero-order valence-corrected chi connectivity index (χ0v) is 21.3. The lowest BCUT2D eigenvalue weighted by Gasteiger charge is -2.24. The van der Waals surface area contributed by atoms with Gasteiger partial charge in [-0.05, 0) is 68.5 Å². The van der Waals surface area contributed by atoms with Gasteiger partial charge in [0.1, 0.15) is 11.9 Å². The summed E-state index contributed by atoms with van der Waals surface area (Å²) < 4.78 is 19.4. The quantitative estimate of drug-likeness (QED) is 0.339. The number of benzene rings is 3. The molecule has 1 atom stereocenters. The molecule has 37 heavy (non-hydrogen) atoms. The van der Waals surface area contributed by atoms with Crippen molar-refractivity contribution in [3.63, 3.8) is 0 Å². The minimum Gasteiger partial charge on any atom is -0.462 e. The van der Waals surface area contributed by atoms with Crippen LogP contribution in [0.2, 0.25) is 0 Å².